The number of hydrogen-bond acceptors (Lipinski definition) is 2. The molecule has 1 aliphatic heterocycles. The normalized spacial score (nSPS) is 43.1. The average Bonchev–Trinajstić information content (AvgIpc) is 3.24. The van der Waals surface area contributed by atoms with Crippen molar-refractivity contribution in [2.75, 3.05) is 0 Å². The maximum absolute atomic E-state index is 12.0. The van der Waals surface area contributed by atoms with Gasteiger partial charge in [0, 0.05) is 11.0 Å². The molecule has 4 fully saturated rings. The molecule has 0 unspecified atom stereocenters. The largest absolute Gasteiger partial charge is 0.458 e. The minimum Gasteiger partial charge on any atom is -0.458 e. The fraction of sp³-hybridized carbons (Fsp3) is 0.762. The van der Waals surface area contributed by atoms with E-state index in [-0.39, 0.29) is 17.5 Å². The zero-order valence-corrected chi connectivity index (χ0v) is 16.5. The molecule has 0 aromatic heterocycles. The number of hydrogen-bond donors (Lipinski definition) is 0. The van der Waals surface area contributed by atoms with E-state index in [4.69, 9.17) is 4.74 Å². The van der Waals surface area contributed by atoms with E-state index in [1.807, 2.05) is 0 Å². The number of esters is 1. The minimum atomic E-state index is -0.137. The van der Waals surface area contributed by atoms with Crippen LogP contribution in [0.4, 0.5) is 0 Å². The molecule has 3 aliphatic carbocycles. The lowest BCUT2D eigenvalue weighted by molar-refractivity contribution is -0.140. The summed E-state index contributed by atoms with van der Waals surface area (Å²) >= 11 is 3.61. The second kappa shape index (κ2) is 5.72. The molecular weight excluding hydrogens is 364 g/mol. The molecule has 2 nitrogen and oxygen atoms in total. The van der Waals surface area contributed by atoms with Gasteiger partial charge in [-0.25, -0.2) is 4.79 Å². The summed E-state index contributed by atoms with van der Waals surface area (Å²) in [6, 6.07) is 0. The van der Waals surface area contributed by atoms with Crippen LogP contribution in [-0.4, -0.2) is 12.1 Å². The van der Waals surface area contributed by atoms with E-state index >= 15 is 0 Å². The monoisotopic (exact) mass is 392 g/mol. The van der Waals surface area contributed by atoms with Crippen molar-refractivity contribution in [2.24, 2.45) is 28.6 Å². The first-order chi connectivity index (χ1) is 11.4. The van der Waals surface area contributed by atoms with Crippen LogP contribution in [-0.2, 0) is 9.53 Å². The summed E-state index contributed by atoms with van der Waals surface area (Å²) in [6.07, 6.45) is 9.86. The quantitative estimate of drug-likeness (QED) is 0.450. The molecule has 5 atom stereocenters. The summed E-state index contributed by atoms with van der Waals surface area (Å²) in [7, 11) is 0. The van der Waals surface area contributed by atoms with Gasteiger partial charge in [-0.1, -0.05) is 41.9 Å². The van der Waals surface area contributed by atoms with E-state index in [2.05, 4.69) is 41.3 Å². The van der Waals surface area contributed by atoms with E-state index in [1.54, 1.807) is 5.57 Å². The Labute approximate surface area is 154 Å². The minimum absolute atomic E-state index is 0.0116. The second-order valence-corrected chi connectivity index (χ2v) is 9.48. The highest BCUT2D eigenvalue weighted by molar-refractivity contribution is 9.11. The van der Waals surface area contributed by atoms with Crippen LogP contribution in [0.5, 0.6) is 0 Å². The van der Waals surface area contributed by atoms with E-state index in [1.165, 1.54) is 32.1 Å². The van der Waals surface area contributed by atoms with E-state index < -0.39 is 0 Å². The number of allylic oxidation sites excluding steroid dienone is 1. The van der Waals surface area contributed by atoms with Crippen molar-refractivity contribution in [2.45, 2.75) is 71.3 Å². The Morgan fingerprint density at radius 1 is 1.38 bits per heavy atom. The van der Waals surface area contributed by atoms with Crippen molar-refractivity contribution in [1.29, 1.82) is 0 Å². The number of carbonyl (C=O) groups is 1. The topological polar surface area (TPSA) is 26.3 Å². The van der Waals surface area contributed by atoms with Crippen LogP contribution in [0.3, 0.4) is 0 Å². The highest BCUT2D eigenvalue weighted by atomic mass is 79.9. The molecule has 1 spiro atoms. The zero-order chi connectivity index (χ0) is 17.1. The smallest absolute Gasteiger partial charge is 0.334 e. The molecule has 0 aromatic carbocycles. The summed E-state index contributed by atoms with van der Waals surface area (Å²) < 4.78 is 5.74. The van der Waals surface area contributed by atoms with Crippen LogP contribution in [0.25, 0.3) is 0 Å². The van der Waals surface area contributed by atoms with Crippen molar-refractivity contribution < 1.29 is 9.53 Å². The van der Waals surface area contributed by atoms with E-state index in [9.17, 15) is 4.79 Å². The Balaban J connectivity index is 1.50. The van der Waals surface area contributed by atoms with Gasteiger partial charge < -0.3 is 4.74 Å². The first-order valence-corrected chi connectivity index (χ1v) is 10.5. The van der Waals surface area contributed by atoms with Crippen LogP contribution >= 0.6 is 15.9 Å². The molecule has 0 amide bonds. The van der Waals surface area contributed by atoms with Gasteiger partial charge in [-0.3, -0.25) is 0 Å². The average molecular weight is 393 g/mol. The molecule has 0 aromatic rings. The third-order valence-corrected chi connectivity index (χ3v) is 8.54. The molecule has 24 heavy (non-hydrogen) atoms. The van der Waals surface area contributed by atoms with Gasteiger partial charge >= 0.3 is 5.97 Å². The Morgan fingerprint density at radius 2 is 2.12 bits per heavy atom. The standard InChI is InChI=1S/C21H29BrO2/c1-13(11-18-21(9-10-21)14(2)19(23)24-18)16-6-7-17-15(12-22)5-4-8-20(16,17)3/h12-13,16-18H,2,4-11H2,1,3H3/b15-12+/t13-,16-,17+,18+,20-/m1/s1. The molecule has 1 saturated heterocycles. The first kappa shape index (κ1) is 16.9. The summed E-state index contributed by atoms with van der Waals surface area (Å²) in [4.78, 5) is 14.2. The maximum atomic E-state index is 12.0. The van der Waals surface area contributed by atoms with E-state index in [0.29, 0.717) is 11.3 Å². The van der Waals surface area contributed by atoms with Gasteiger partial charge in [0.15, 0.2) is 0 Å². The molecule has 132 valence electrons. The van der Waals surface area contributed by atoms with Gasteiger partial charge in [-0.15, -0.1) is 0 Å². The van der Waals surface area contributed by atoms with Crippen molar-refractivity contribution in [3.63, 3.8) is 0 Å². The van der Waals surface area contributed by atoms with Gasteiger partial charge in [0.25, 0.3) is 0 Å². The van der Waals surface area contributed by atoms with Crippen molar-refractivity contribution in [3.8, 4) is 0 Å². The molecule has 0 N–H and O–H groups in total. The van der Waals surface area contributed by atoms with E-state index in [0.717, 1.165) is 36.7 Å². The fourth-order valence-corrected chi connectivity index (χ4v) is 6.94. The van der Waals surface area contributed by atoms with Crippen LogP contribution in [0.1, 0.15) is 65.2 Å². The molecule has 1 heterocycles. The van der Waals surface area contributed by atoms with Crippen LogP contribution in [0, 0.1) is 28.6 Å². The number of carbonyl (C=O) groups excluding carboxylic acids is 1. The van der Waals surface area contributed by atoms with Crippen molar-refractivity contribution >= 4 is 21.9 Å². The third kappa shape index (κ3) is 2.29. The Bertz CT molecular complexity index is 603. The van der Waals surface area contributed by atoms with Crippen LogP contribution in [0.2, 0.25) is 0 Å². The highest BCUT2D eigenvalue weighted by Crippen LogP contribution is 2.63. The Hall–Kier alpha value is -0.570. The Kier molecular flexibility index (Phi) is 4.02. The van der Waals surface area contributed by atoms with Gasteiger partial charge in [0.05, 0.1) is 0 Å². The van der Waals surface area contributed by atoms with Crippen molar-refractivity contribution in [1.82, 2.24) is 0 Å². The van der Waals surface area contributed by atoms with Gasteiger partial charge in [0.1, 0.15) is 6.10 Å². The Morgan fingerprint density at radius 3 is 2.79 bits per heavy atom. The lowest BCUT2D eigenvalue weighted by atomic mass is 9.61. The van der Waals surface area contributed by atoms with Gasteiger partial charge in [-0.2, -0.15) is 0 Å². The molecule has 0 bridgehead atoms. The molecule has 3 heteroatoms. The second-order valence-electron chi connectivity index (χ2n) is 9.02. The predicted octanol–water partition coefficient (Wildman–Crippen LogP) is 5.77. The predicted molar refractivity (Wildman–Crippen MR) is 99.7 cm³/mol. The first-order valence-electron chi connectivity index (χ1n) is 9.62. The highest BCUT2D eigenvalue weighted by Gasteiger charge is 2.61. The lowest BCUT2D eigenvalue weighted by Gasteiger charge is -2.44. The van der Waals surface area contributed by atoms with Crippen LogP contribution in [0.15, 0.2) is 22.7 Å². The molecule has 0 radical (unpaired) electrons. The summed E-state index contributed by atoms with van der Waals surface area (Å²) in [6.45, 7) is 8.94. The number of cyclic esters (lactones) is 1. The number of fused-ring (bicyclic) bond motifs is 1. The maximum Gasteiger partial charge on any atom is 0.334 e. The fourth-order valence-electron chi connectivity index (χ4n) is 6.39. The summed E-state index contributed by atoms with van der Waals surface area (Å²) in [5.74, 6) is 1.96. The molecule has 4 aliphatic rings. The number of ether oxygens (including phenoxy) is 1. The van der Waals surface area contributed by atoms with Crippen molar-refractivity contribution in [3.05, 3.63) is 22.7 Å². The molecular formula is C21H29BrO2. The number of rotatable bonds is 3. The number of halogens is 1. The summed E-state index contributed by atoms with van der Waals surface area (Å²) in [5, 5.41) is 0. The SMILES string of the molecule is C=C1C(=O)O[C@@H](C[C@@H](C)[C@H]2CC[C@H]3/C(=C/Br)CCC[C@]23C)C12CC2. The zero-order valence-electron chi connectivity index (χ0n) is 14.9. The van der Waals surface area contributed by atoms with Gasteiger partial charge in [-0.05, 0) is 79.5 Å². The molecule has 4 rings (SSSR count). The molecule has 3 saturated carbocycles. The van der Waals surface area contributed by atoms with Crippen LogP contribution < -0.4 is 0 Å². The lowest BCUT2D eigenvalue weighted by Crippen LogP contribution is -2.37. The third-order valence-electron chi connectivity index (χ3n) is 7.95. The van der Waals surface area contributed by atoms with Gasteiger partial charge in [0.2, 0.25) is 0 Å². The summed E-state index contributed by atoms with van der Waals surface area (Å²) in [5.41, 5.74) is 2.81.